The maximum absolute atomic E-state index is 13.9. The second-order valence-electron chi connectivity index (χ2n) is 28.9. The molecular weight excluding hydrogens is 1160 g/mol. The van der Waals surface area contributed by atoms with Gasteiger partial charge in [-0.3, -0.25) is 19.2 Å². The third kappa shape index (κ3) is 21.7. The maximum Gasteiger partial charge on any atom is 0.306 e. The van der Waals surface area contributed by atoms with Crippen LogP contribution in [0.2, 0.25) is 0 Å². The fraction of sp³-hybridized carbons (Fsp3) is 0.600. The average Bonchev–Trinajstić information content (AvgIpc) is 0.930. The number of methoxy groups -OCH3 is 1. The van der Waals surface area contributed by atoms with Crippen LogP contribution in [-0.2, 0) is 74.0 Å². The number of hydrogen-bond donors (Lipinski definition) is 3. The molecule has 13 heteroatoms. The first kappa shape index (κ1) is 75.6. The Kier molecular flexibility index (Phi) is 28.3. The molecule has 0 bridgehead atoms. The molecule has 3 N–H and O–H groups in total. The fourth-order valence-electron chi connectivity index (χ4n) is 11.5. The highest BCUT2D eigenvalue weighted by atomic mass is 32.2. The molecular formula is C75H110O10S3. The molecule has 488 valence electrons. The highest BCUT2D eigenvalue weighted by molar-refractivity contribution is 7.99. The molecule has 0 aliphatic carbocycles. The van der Waals surface area contributed by atoms with Gasteiger partial charge in [0.05, 0.1) is 20.0 Å². The van der Waals surface area contributed by atoms with Crippen LogP contribution < -0.4 is 4.74 Å². The van der Waals surface area contributed by atoms with Crippen LogP contribution in [0.3, 0.4) is 0 Å². The van der Waals surface area contributed by atoms with Crippen LogP contribution >= 0.6 is 35.3 Å². The van der Waals surface area contributed by atoms with Gasteiger partial charge in [0.2, 0.25) is 0 Å². The largest absolute Gasteiger partial charge is 0.507 e. The maximum atomic E-state index is 13.9. The van der Waals surface area contributed by atoms with E-state index >= 15 is 0 Å². The van der Waals surface area contributed by atoms with Crippen LogP contribution in [0, 0.1) is 60.8 Å². The van der Waals surface area contributed by atoms with E-state index in [1.54, 1.807) is 54.5 Å². The lowest BCUT2D eigenvalue weighted by Crippen LogP contribution is -2.35. The van der Waals surface area contributed by atoms with Crippen molar-refractivity contribution in [2.75, 3.05) is 37.6 Å². The van der Waals surface area contributed by atoms with Gasteiger partial charge in [-0.2, -0.15) is 35.3 Å². The van der Waals surface area contributed by atoms with Crippen molar-refractivity contribution in [1.29, 1.82) is 0 Å². The number of carbonyl (C=O) groups is 4. The zero-order chi connectivity index (χ0) is 66.3. The predicted molar refractivity (Wildman–Crippen MR) is 372 cm³/mol. The van der Waals surface area contributed by atoms with Crippen molar-refractivity contribution in [3.05, 3.63) is 125 Å². The number of ether oxygens (including phenoxy) is 3. The van der Waals surface area contributed by atoms with E-state index in [0.29, 0.717) is 64.6 Å². The monoisotopic (exact) mass is 1270 g/mol. The number of hydrogen-bond acceptors (Lipinski definition) is 13. The molecule has 0 aliphatic rings. The molecule has 0 spiro atoms. The summed E-state index contributed by atoms with van der Waals surface area (Å²) in [5.41, 5.74) is 14.9. The number of esters is 2. The summed E-state index contributed by atoms with van der Waals surface area (Å²) in [5.74, 6) is 4.54. The molecule has 0 radical (unpaired) electrons. The van der Waals surface area contributed by atoms with Crippen molar-refractivity contribution in [2.45, 2.75) is 248 Å². The van der Waals surface area contributed by atoms with Crippen molar-refractivity contribution in [1.82, 2.24) is 0 Å². The minimum Gasteiger partial charge on any atom is -0.507 e. The number of ketones is 2. The van der Waals surface area contributed by atoms with Gasteiger partial charge in [0.15, 0.2) is 5.78 Å². The van der Waals surface area contributed by atoms with Gasteiger partial charge in [-0.25, -0.2) is 0 Å². The molecule has 10 nitrogen and oxygen atoms in total. The average molecular weight is 1270 g/mol. The van der Waals surface area contributed by atoms with Crippen LogP contribution in [0.15, 0.2) is 36.4 Å². The molecule has 0 saturated heterocycles. The SMILES string of the molecule is COc1c(C(C)(C)C)cc(C)c(CSCCC(=O)OCC(C/C=C\C(=O)CCSCc2c(C)cc(C(C)(C)C)c(O)c2C)(CCC(=O)CCCCCc2c(C)cc(C(C)(C)C)c(O)c2C)COC(=O)CCSCc2c(C)cc(C(C)(C)C)c(O)c2C)c1C. The summed E-state index contributed by atoms with van der Waals surface area (Å²) in [6.07, 6.45) is 8.09. The van der Waals surface area contributed by atoms with Crippen LogP contribution in [0.4, 0.5) is 0 Å². The first-order valence-electron chi connectivity index (χ1n) is 31.8. The molecule has 1 atom stereocenters. The second-order valence-corrected chi connectivity index (χ2v) is 32.2. The van der Waals surface area contributed by atoms with Crippen molar-refractivity contribution in [2.24, 2.45) is 5.41 Å². The van der Waals surface area contributed by atoms with E-state index in [9.17, 15) is 34.5 Å². The summed E-state index contributed by atoms with van der Waals surface area (Å²) in [7, 11) is 1.71. The molecule has 4 aromatic rings. The lowest BCUT2D eigenvalue weighted by atomic mass is 9.80. The summed E-state index contributed by atoms with van der Waals surface area (Å²) in [4.78, 5) is 55.2. The Morgan fingerprint density at radius 1 is 0.466 bits per heavy atom. The molecule has 0 amide bonds. The first-order valence-corrected chi connectivity index (χ1v) is 35.2. The van der Waals surface area contributed by atoms with Gasteiger partial charge in [-0.05, 0) is 199 Å². The van der Waals surface area contributed by atoms with Crippen molar-refractivity contribution in [3.8, 4) is 23.0 Å². The quantitative estimate of drug-likeness (QED) is 0.0241. The van der Waals surface area contributed by atoms with E-state index in [4.69, 9.17) is 14.2 Å². The molecule has 0 aliphatic heterocycles. The molecule has 1 unspecified atom stereocenters. The highest BCUT2D eigenvalue weighted by Gasteiger charge is 2.34. The molecule has 0 saturated carbocycles. The molecule has 0 fully saturated rings. The highest BCUT2D eigenvalue weighted by Crippen LogP contribution is 2.42. The van der Waals surface area contributed by atoms with E-state index in [1.807, 2.05) is 20.8 Å². The van der Waals surface area contributed by atoms with E-state index < -0.39 is 17.4 Å². The summed E-state index contributed by atoms with van der Waals surface area (Å²) in [6.45, 7) is 41.4. The molecule has 88 heavy (non-hydrogen) atoms. The normalized spacial score (nSPS) is 13.1. The Hall–Kier alpha value is -4.85. The number of benzene rings is 4. The number of Topliss-reactive ketones (excluding diaryl/α,β-unsaturated/α-hetero) is 1. The van der Waals surface area contributed by atoms with Gasteiger partial charge in [-0.1, -0.05) is 120 Å². The number of phenolic OH excluding ortho intramolecular Hbond substituents is 3. The number of thioether (sulfide) groups is 3. The van der Waals surface area contributed by atoms with Crippen LogP contribution in [0.5, 0.6) is 23.0 Å². The van der Waals surface area contributed by atoms with Crippen LogP contribution in [0.25, 0.3) is 0 Å². The molecule has 4 aromatic carbocycles. The van der Waals surface area contributed by atoms with Gasteiger partial charge in [0, 0.05) is 64.8 Å². The van der Waals surface area contributed by atoms with Gasteiger partial charge < -0.3 is 29.5 Å². The van der Waals surface area contributed by atoms with Gasteiger partial charge >= 0.3 is 11.9 Å². The van der Waals surface area contributed by atoms with Gasteiger partial charge in [0.1, 0.15) is 42.0 Å². The Bertz CT molecular complexity index is 3100. The van der Waals surface area contributed by atoms with Crippen molar-refractivity contribution in [3.63, 3.8) is 0 Å². The van der Waals surface area contributed by atoms with Gasteiger partial charge in [-0.15, -0.1) is 0 Å². The van der Waals surface area contributed by atoms with Crippen LogP contribution in [-0.4, -0.2) is 76.4 Å². The van der Waals surface area contributed by atoms with E-state index in [2.05, 4.69) is 142 Å². The Morgan fingerprint density at radius 2 is 0.841 bits per heavy atom. The number of unbranched alkanes of at least 4 members (excludes halogenated alkanes) is 2. The minimum atomic E-state index is -1.01. The third-order valence-corrected chi connectivity index (χ3v) is 20.4. The number of aryl methyl sites for hydroxylation is 4. The number of aromatic hydroxyl groups is 3. The Labute approximate surface area is 543 Å². The van der Waals surface area contributed by atoms with Crippen molar-refractivity contribution >= 4 is 58.8 Å². The standard InChI is InChI=1S/C75H110O10S3/c1-47-38-61(71(9,10)11)67(80)51(5)57(47)28-24-22-23-26-55(76)29-34-75(45-84-65(78)31-36-87-43-59-49(3)40-63(73(15,16)17)69(82)53(59)7,33-25-27-56(77)30-35-86-42-58-48(2)39-62(72(12,13)14)68(81)52(58)6)46-85-66(79)32-37-88-44-60-50(4)41-64(74(18,19)20)70(83-21)54(60)8/h25,27,38-41,80-82H,22-24,26,28-37,42-46H2,1-21H3/b27-25-. The smallest absolute Gasteiger partial charge is 0.306 e. The topological polar surface area (TPSA) is 157 Å². The summed E-state index contributed by atoms with van der Waals surface area (Å²) >= 11 is 4.88. The van der Waals surface area contributed by atoms with E-state index in [-0.39, 0.29) is 85.0 Å². The number of rotatable bonds is 32. The third-order valence-electron chi connectivity index (χ3n) is 17.4. The van der Waals surface area contributed by atoms with Crippen molar-refractivity contribution < 1.29 is 48.7 Å². The minimum absolute atomic E-state index is 0.0585. The fourth-order valence-corrected chi connectivity index (χ4v) is 14.9. The predicted octanol–water partition coefficient (Wildman–Crippen LogP) is 18.5. The molecule has 0 aromatic heterocycles. The Morgan fingerprint density at radius 3 is 1.25 bits per heavy atom. The lowest BCUT2D eigenvalue weighted by molar-refractivity contribution is -0.154. The number of phenols is 3. The number of carbonyl (C=O) groups excluding carboxylic acids is 4. The summed E-state index contributed by atoms with van der Waals surface area (Å²) in [5, 5.41) is 33.4. The molecule has 4 rings (SSSR count). The number of allylic oxidation sites excluding steroid dienone is 2. The Balaban J connectivity index is 1.55. The zero-order valence-electron chi connectivity index (χ0n) is 57.8. The first-order chi connectivity index (χ1) is 40.8. The van der Waals surface area contributed by atoms with Gasteiger partial charge in [0.25, 0.3) is 0 Å². The second kappa shape index (κ2) is 32.9. The summed E-state index contributed by atoms with van der Waals surface area (Å²) in [6, 6.07) is 8.43. The summed E-state index contributed by atoms with van der Waals surface area (Å²) < 4.78 is 18.2. The molecule has 0 heterocycles. The van der Waals surface area contributed by atoms with E-state index in [0.717, 1.165) is 103 Å². The van der Waals surface area contributed by atoms with E-state index in [1.165, 1.54) is 11.1 Å². The van der Waals surface area contributed by atoms with Crippen LogP contribution in [0.1, 0.15) is 236 Å². The lowest BCUT2D eigenvalue weighted by Gasteiger charge is -2.32. The zero-order valence-corrected chi connectivity index (χ0v) is 60.3.